The molecule has 0 aromatic carbocycles. The van der Waals surface area contributed by atoms with Crippen molar-refractivity contribution >= 4 is 11.7 Å². The van der Waals surface area contributed by atoms with Crippen LogP contribution in [-0.2, 0) is 0 Å². The first-order valence-corrected chi connectivity index (χ1v) is 2.79. The van der Waals surface area contributed by atoms with E-state index in [-0.39, 0.29) is 5.69 Å². The van der Waals surface area contributed by atoms with Gasteiger partial charge in [-0.1, -0.05) is 0 Å². The van der Waals surface area contributed by atoms with Gasteiger partial charge in [0, 0.05) is 6.20 Å². The molecule has 0 aliphatic heterocycles. The van der Waals surface area contributed by atoms with Gasteiger partial charge in [0.25, 0.3) is 0 Å². The highest BCUT2D eigenvalue weighted by molar-refractivity contribution is 5.92. The monoisotopic (exact) mass is 140 g/mol. The molecule has 0 spiro atoms. The van der Waals surface area contributed by atoms with E-state index in [9.17, 15) is 4.79 Å². The van der Waals surface area contributed by atoms with Crippen molar-refractivity contribution in [3.63, 3.8) is 0 Å². The van der Waals surface area contributed by atoms with E-state index in [1.54, 1.807) is 13.1 Å². The standard InChI is InChI=1S/C6H8N2O2/c1-3-2-8-5(4(3)7)6(9)10/h2,8H,7H2,1H3,(H,9,10). The number of H-pyrrole nitrogens is 1. The summed E-state index contributed by atoms with van der Waals surface area (Å²) in [5.41, 5.74) is 6.53. The molecular formula is C6H8N2O2. The van der Waals surface area contributed by atoms with Gasteiger partial charge in [-0.2, -0.15) is 0 Å². The van der Waals surface area contributed by atoms with Gasteiger partial charge in [-0.05, 0) is 12.5 Å². The predicted molar refractivity (Wildman–Crippen MR) is 36.9 cm³/mol. The third-order valence-electron chi connectivity index (χ3n) is 1.34. The van der Waals surface area contributed by atoms with Crippen LogP contribution in [0.1, 0.15) is 16.1 Å². The zero-order chi connectivity index (χ0) is 7.72. The van der Waals surface area contributed by atoms with Crippen LogP contribution in [0.25, 0.3) is 0 Å². The second-order valence-corrected chi connectivity index (χ2v) is 2.07. The number of hydrogen-bond acceptors (Lipinski definition) is 2. The van der Waals surface area contributed by atoms with Crippen molar-refractivity contribution in [1.29, 1.82) is 0 Å². The largest absolute Gasteiger partial charge is 0.477 e. The van der Waals surface area contributed by atoms with E-state index >= 15 is 0 Å². The van der Waals surface area contributed by atoms with Crippen LogP contribution in [0.4, 0.5) is 5.69 Å². The van der Waals surface area contributed by atoms with Crippen LogP contribution < -0.4 is 5.73 Å². The van der Waals surface area contributed by atoms with Crippen molar-refractivity contribution in [2.75, 3.05) is 5.73 Å². The minimum absolute atomic E-state index is 0.0671. The molecule has 4 N–H and O–H groups in total. The van der Waals surface area contributed by atoms with Gasteiger partial charge in [-0.3, -0.25) is 0 Å². The minimum Gasteiger partial charge on any atom is -0.477 e. The van der Waals surface area contributed by atoms with Crippen LogP contribution >= 0.6 is 0 Å². The summed E-state index contributed by atoms with van der Waals surface area (Å²) in [4.78, 5) is 12.9. The number of nitrogens with one attached hydrogen (secondary N) is 1. The van der Waals surface area contributed by atoms with Crippen molar-refractivity contribution < 1.29 is 9.90 Å². The fourth-order valence-electron chi connectivity index (χ4n) is 0.710. The molecule has 0 atom stereocenters. The Bertz CT molecular complexity index is 265. The van der Waals surface area contributed by atoms with Gasteiger partial charge in [-0.15, -0.1) is 0 Å². The number of aryl methyl sites for hydroxylation is 1. The van der Waals surface area contributed by atoms with E-state index in [1.807, 2.05) is 0 Å². The van der Waals surface area contributed by atoms with Crippen molar-refractivity contribution in [1.82, 2.24) is 4.98 Å². The third kappa shape index (κ3) is 0.834. The molecule has 0 aliphatic rings. The molecule has 1 heterocycles. The van der Waals surface area contributed by atoms with E-state index in [0.29, 0.717) is 5.69 Å². The summed E-state index contributed by atoms with van der Waals surface area (Å²) in [7, 11) is 0. The Morgan fingerprint density at radius 2 is 2.40 bits per heavy atom. The van der Waals surface area contributed by atoms with Crippen LogP contribution in [-0.4, -0.2) is 16.1 Å². The molecule has 0 saturated heterocycles. The lowest BCUT2D eigenvalue weighted by molar-refractivity contribution is 0.0692. The van der Waals surface area contributed by atoms with Crippen LogP contribution in [0, 0.1) is 6.92 Å². The van der Waals surface area contributed by atoms with Gasteiger partial charge in [0.05, 0.1) is 5.69 Å². The highest BCUT2D eigenvalue weighted by Crippen LogP contribution is 2.14. The topological polar surface area (TPSA) is 79.1 Å². The molecule has 4 nitrogen and oxygen atoms in total. The SMILES string of the molecule is Cc1c[nH]c(C(=O)O)c1N. The second kappa shape index (κ2) is 2.06. The summed E-state index contributed by atoms with van der Waals surface area (Å²) in [5.74, 6) is -1.02. The minimum atomic E-state index is -1.02. The molecule has 54 valence electrons. The van der Waals surface area contributed by atoms with E-state index in [4.69, 9.17) is 10.8 Å². The lowest BCUT2D eigenvalue weighted by atomic mass is 10.3. The van der Waals surface area contributed by atoms with E-state index in [1.165, 1.54) is 0 Å². The molecule has 10 heavy (non-hydrogen) atoms. The Morgan fingerprint density at radius 1 is 1.80 bits per heavy atom. The highest BCUT2D eigenvalue weighted by Gasteiger charge is 2.10. The molecule has 0 aliphatic carbocycles. The number of carboxylic acid groups (broad SMARTS) is 1. The molecule has 0 amide bonds. The third-order valence-corrected chi connectivity index (χ3v) is 1.34. The molecule has 1 rings (SSSR count). The Kier molecular flexibility index (Phi) is 1.37. The number of nitrogens with two attached hydrogens (primary N) is 1. The lowest BCUT2D eigenvalue weighted by Gasteiger charge is -1.90. The number of aromatic carboxylic acids is 1. The van der Waals surface area contributed by atoms with Gasteiger partial charge in [0.1, 0.15) is 5.69 Å². The Labute approximate surface area is 57.7 Å². The number of anilines is 1. The summed E-state index contributed by atoms with van der Waals surface area (Å²) in [6.07, 6.45) is 1.57. The van der Waals surface area contributed by atoms with Gasteiger partial charge >= 0.3 is 5.97 Å². The number of aromatic amines is 1. The molecule has 0 fully saturated rings. The first-order valence-electron chi connectivity index (χ1n) is 2.79. The van der Waals surface area contributed by atoms with E-state index < -0.39 is 5.97 Å². The average Bonchev–Trinajstić information content (AvgIpc) is 2.14. The van der Waals surface area contributed by atoms with Crippen molar-refractivity contribution in [3.05, 3.63) is 17.5 Å². The van der Waals surface area contributed by atoms with Crippen molar-refractivity contribution in [3.8, 4) is 0 Å². The number of carboxylic acids is 1. The highest BCUT2D eigenvalue weighted by atomic mass is 16.4. The number of aromatic nitrogens is 1. The molecule has 0 radical (unpaired) electrons. The van der Waals surface area contributed by atoms with Crippen LogP contribution in [0.15, 0.2) is 6.20 Å². The molecule has 0 saturated carbocycles. The zero-order valence-corrected chi connectivity index (χ0v) is 5.51. The zero-order valence-electron chi connectivity index (χ0n) is 5.51. The summed E-state index contributed by atoms with van der Waals surface area (Å²) >= 11 is 0. The molecule has 0 unspecified atom stereocenters. The fraction of sp³-hybridized carbons (Fsp3) is 0.167. The van der Waals surface area contributed by atoms with E-state index in [2.05, 4.69) is 4.98 Å². The second-order valence-electron chi connectivity index (χ2n) is 2.07. The molecule has 4 heteroatoms. The smallest absolute Gasteiger partial charge is 0.354 e. The molecular weight excluding hydrogens is 132 g/mol. The number of hydrogen-bond donors (Lipinski definition) is 3. The summed E-state index contributed by atoms with van der Waals surface area (Å²) in [5, 5.41) is 8.47. The van der Waals surface area contributed by atoms with Gasteiger partial charge in [0.15, 0.2) is 0 Å². The van der Waals surface area contributed by atoms with Gasteiger partial charge in [-0.25, -0.2) is 4.79 Å². The predicted octanol–water partition coefficient (Wildman–Crippen LogP) is 0.604. The Balaban J connectivity index is 3.17. The summed E-state index contributed by atoms with van der Waals surface area (Å²) in [6, 6.07) is 0. The number of rotatable bonds is 1. The Morgan fingerprint density at radius 3 is 2.60 bits per heavy atom. The van der Waals surface area contributed by atoms with Crippen LogP contribution in [0.3, 0.4) is 0 Å². The first kappa shape index (κ1) is 6.67. The number of nitrogen functional groups attached to an aromatic ring is 1. The molecule has 0 bridgehead atoms. The van der Waals surface area contributed by atoms with Gasteiger partial charge < -0.3 is 15.8 Å². The van der Waals surface area contributed by atoms with Crippen molar-refractivity contribution in [2.24, 2.45) is 0 Å². The number of carbonyl (C=O) groups is 1. The molecule has 1 aromatic rings. The Hall–Kier alpha value is -1.45. The fourth-order valence-corrected chi connectivity index (χ4v) is 0.710. The first-order chi connectivity index (χ1) is 4.63. The van der Waals surface area contributed by atoms with Crippen LogP contribution in [0.2, 0.25) is 0 Å². The normalized spacial score (nSPS) is 9.70. The summed E-state index contributed by atoms with van der Waals surface area (Å²) < 4.78 is 0. The average molecular weight is 140 g/mol. The van der Waals surface area contributed by atoms with Gasteiger partial charge in [0.2, 0.25) is 0 Å². The maximum atomic E-state index is 10.3. The summed E-state index contributed by atoms with van der Waals surface area (Å²) in [6.45, 7) is 1.75. The maximum Gasteiger partial charge on any atom is 0.354 e. The van der Waals surface area contributed by atoms with Crippen molar-refractivity contribution in [2.45, 2.75) is 6.92 Å². The molecule has 1 aromatic heterocycles. The van der Waals surface area contributed by atoms with E-state index in [0.717, 1.165) is 5.56 Å². The van der Waals surface area contributed by atoms with Crippen LogP contribution in [0.5, 0.6) is 0 Å². The quantitative estimate of drug-likeness (QED) is 0.534. The maximum absolute atomic E-state index is 10.3. The lowest BCUT2D eigenvalue weighted by Crippen LogP contribution is -2.00.